The van der Waals surface area contributed by atoms with Gasteiger partial charge in [-0.3, -0.25) is 4.79 Å². The number of benzene rings is 1. The van der Waals surface area contributed by atoms with Gasteiger partial charge in [-0.1, -0.05) is 11.8 Å². The second-order valence-electron chi connectivity index (χ2n) is 5.66. The number of hydrogen-bond acceptors (Lipinski definition) is 7. The normalized spacial score (nSPS) is 15.0. The summed E-state index contributed by atoms with van der Waals surface area (Å²) in [5, 5.41) is 8.84. The zero-order chi connectivity index (χ0) is 19.4. The van der Waals surface area contributed by atoms with Crippen LogP contribution in [-0.2, 0) is 15.7 Å². The van der Waals surface area contributed by atoms with Crippen LogP contribution < -0.4 is 16.1 Å². The molecule has 2 heterocycles. The number of hydrogen-bond donors (Lipinski definition) is 2. The van der Waals surface area contributed by atoms with Crippen LogP contribution in [0.2, 0.25) is 0 Å². The molecule has 0 bridgehead atoms. The maximum Gasteiger partial charge on any atom is 0.453 e. The van der Waals surface area contributed by atoms with Gasteiger partial charge in [-0.05, 0) is 24.3 Å². The van der Waals surface area contributed by atoms with E-state index in [9.17, 15) is 18.0 Å². The van der Waals surface area contributed by atoms with E-state index in [4.69, 9.17) is 10.6 Å². The van der Waals surface area contributed by atoms with Gasteiger partial charge in [0.25, 0.3) is 5.82 Å². The van der Waals surface area contributed by atoms with E-state index < -0.39 is 17.9 Å². The molecule has 3 rings (SSSR count). The number of nitrogen functional groups attached to an aromatic ring is 1. The molecule has 1 aromatic carbocycles. The molecule has 0 spiro atoms. The van der Waals surface area contributed by atoms with E-state index in [-0.39, 0.29) is 10.9 Å². The summed E-state index contributed by atoms with van der Waals surface area (Å²) in [6.07, 6.45) is -4.70. The summed E-state index contributed by atoms with van der Waals surface area (Å²) >= 11 is 0.767. The van der Waals surface area contributed by atoms with Gasteiger partial charge in [-0.15, -0.1) is 10.2 Å². The molecular formula is C15H17F3N6O2S. The van der Waals surface area contributed by atoms with Crippen LogP contribution in [0.3, 0.4) is 0 Å². The second kappa shape index (κ2) is 8.05. The van der Waals surface area contributed by atoms with Gasteiger partial charge in [-0.2, -0.15) is 13.2 Å². The van der Waals surface area contributed by atoms with Crippen molar-refractivity contribution in [2.45, 2.75) is 11.3 Å². The molecular weight excluding hydrogens is 385 g/mol. The van der Waals surface area contributed by atoms with Gasteiger partial charge in [0.15, 0.2) is 0 Å². The quantitative estimate of drug-likeness (QED) is 0.579. The Hall–Kier alpha value is -2.47. The van der Waals surface area contributed by atoms with Crippen molar-refractivity contribution >= 4 is 29.0 Å². The molecule has 146 valence electrons. The molecule has 1 saturated heterocycles. The average molecular weight is 402 g/mol. The van der Waals surface area contributed by atoms with E-state index in [1.807, 2.05) is 12.1 Å². The van der Waals surface area contributed by atoms with Crippen molar-refractivity contribution < 1.29 is 22.7 Å². The molecule has 0 atom stereocenters. The smallest absolute Gasteiger partial charge is 0.378 e. The van der Waals surface area contributed by atoms with Crippen molar-refractivity contribution in [1.82, 2.24) is 14.9 Å². The Balaban J connectivity index is 1.53. The van der Waals surface area contributed by atoms with Crippen molar-refractivity contribution in [2.24, 2.45) is 0 Å². The third-order valence-corrected chi connectivity index (χ3v) is 4.72. The molecule has 1 fully saturated rings. The minimum Gasteiger partial charge on any atom is -0.378 e. The van der Waals surface area contributed by atoms with Crippen LogP contribution in [0.5, 0.6) is 0 Å². The molecule has 27 heavy (non-hydrogen) atoms. The predicted molar refractivity (Wildman–Crippen MR) is 94.0 cm³/mol. The number of nitrogens with two attached hydrogens (primary N) is 1. The van der Waals surface area contributed by atoms with E-state index in [0.717, 1.165) is 30.5 Å². The number of halogens is 3. The minimum atomic E-state index is -4.70. The van der Waals surface area contributed by atoms with Crippen LogP contribution in [0.4, 0.5) is 24.5 Å². The van der Waals surface area contributed by atoms with Gasteiger partial charge in [0.2, 0.25) is 11.1 Å². The van der Waals surface area contributed by atoms with E-state index >= 15 is 0 Å². The number of carbonyl (C=O) groups is 1. The average Bonchev–Trinajstić information content (AvgIpc) is 3.02. The Morgan fingerprint density at radius 3 is 2.48 bits per heavy atom. The fraction of sp³-hybridized carbons (Fsp3) is 0.400. The Labute approximate surface area is 156 Å². The zero-order valence-electron chi connectivity index (χ0n) is 14.1. The first-order valence-corrected chi connectivity index (χ1v) is 8.96. The third-order valence-electron chi connectivity index (χ3n) is 3.78. The summed E-state index contributed by atoms with van der Waals surface area (Å²) in [7, 11) is 0. The van der Waals surface area contributed by atoms with Gasteiger partial charge in [0, 0.05) is 24.5 Å². The van der Waals surface area contributed by atoms with Crippen LogP contribution >= 0.6 is 11.8 Å². The highest BCUT2D eigenvalue weighted by Crippen LogP contribution is 2.29. The molecule has 1 aromatic heterocycles. The minimum absolute atomic E-state index is 0.154. The number of anilines is 2. The lowest BCUT2D eigenvalue weighted by Gasteiger charge is -2.28. The molecule has 1 aliphatic heterocycles. The maximum atomic E-state index is 12.6. The molecule has 0 aliphatic carbocycles. The SMILES string of the molecule is Nn1c(SCC(=O)Nc2ccc(N3CCOCC3)cc2)nnc1C(F)(F)F. The molecule has 0 unspecified atom stereocenters. The van der Waals surface area contributed by atoms with Crippen molar-refractivity contribution in [3.63, 3.8) is 0 Å². The summed E-state index contributed by atoms with van der Waals surface area (Å²) in [5.41, 5.74) is 1.62. The number of morpholine rings is 1. The Morgan fingerprint density at radius 2 is 1.89 bits per heavy atom. The first-order chi connectivity index (χ1) is 12.8. The predicted octanol–water partition coefficient (Wildman–Crippen LogP) is 1.58. The highest BCUT2D eigenvalue weighted by atomic mass is 32.2. The number of aromatic nitrogens is 3. The molecule has 1 amide bonds. The number of nitrogens with one attached hydrogen (secondary N) is 1. The first kappa shape index (κ1) is 19.3. The summed E-state index contributed by atoms with van der Waals surface area (Å²) in [5.74, 6) is 3.46. The van der Waals surface area contributed by atoms with Crippen LogP contribution in [0, 0.1) is 0 Å². The number of amides is 1. The van der Waals surface area contributed by atoms with Crippen molar-refractivity contribution in [3.8, 4) is 0 Å². The summed E-state index contributed by atoms with van der Waals surface area (Å²) < 4.78 is 43.5. The fourth-order valence-corrected chi connectivity index (χ4v) is 3.13. The Morgan fingerprint density at radius 1 is 1.22 bits per heavy atom. The van der Waals surface area contributed by atoms with Gasteiger partial charge >= 0.3 is 6.18 Å². The van der Waals surface area contributed by atoms with Gasteiger partial charge < -0.3 is 20.8 Å². The van der Waals surface area contributed by atoms with Crippen molar-refractivity contribution in [2.75, 3.05) is 48.1 Å². The summed E-state index contributed by atoms with van der Waals surface area (Å²) in [6, 6.07) is 7.31. The van der Waals surface area contributed by atoms with E-state index in [1.54, 1.807) is 12.1 Å². The van der Waals surface area contributed by atoms with Crippen LogP contribution in [0.1, 0.15) is 5.82 Å². The summed E-state index contributed by atoms with van der Waals surface area (Å²) in [6.45, 7) is 2.97. The molecule has 0 radical (unpaired) electrons. The molecule has 1 aliphatic rings. The van der Waals surface area contributed by atoms with Crippen LogP contribution in [-0.4, -0.2) is 52.8 Å². The van der Waals surface area contributed by atoms with Crippen molar-refractivity contribution in [1.29, 1.82) is 0 Å². The molecule has 2 aromatic rings. The lowest BCUT2D eigenvalue weighted by atomic mass is 10.2. The number of rotatable bonds is 5. The largest absolute Gasteiger partial charge is 0.453 e. The highest BCUT2D eigenvalue weighted by Gasteiger charge is 2.38. The van der Waals surface area contributed by atoms with Crippen LogP contribution in [0.25, 0.3) is 0 Å². The standard InChI is InChI=1S/C15H17F3N6O2S/c16-15(17,18)13-21-22-14(24(13)19)27-9-12(25)20-10-1-3-11(4-2-10)23-5-7-26-8-6-23/h1-4H,5-9,19H2,(H,20,25). The van der Waals surface area contributed by atoms with Crippen LogP contribution in [0.15, 0.2) is 29.4 Å². The van der Waals surface area contributed by atoms with E-state index in [1.165, 1.54) is 0 Å². The monoisotopic (exact) mass is 402 g/mol. The number of nitrogens with zero attached hydrogens (tertiary/aromatic N) is 4. The fourth-order valence-electron chi connectivity index (χ4n) is 2.47. The lowest BCUT2D eigenvalue weighted by molar-refractivity contribution is -0.146. The Kier molecular flexibility index (Phi) is 5.75. The lowest BCUT2D eigenvalue weighted by Crippen LogP contribution is -2.36. The topological polar surface area (TPSA) is 98.3 Å². The van der Waals surface area contributed by atoms with Gasteiger partial charge in [0.1, 0.15) is 0 Å². The summed E-state index contributed by atoms with van der Waals surface area (Å²) in [4.78, 5) is 14.2. The van der Waals surface area contributed by atoms with E-state index in [2.05, 4.69) is 20.4 Å². The second-order valence-corrected chi connectivity index (χ2v) is 6.60. The number of carbonyl (C=O) groups excluding carboxylic acids is 1. The molecule has 8 nitrogen and oxygen atoms in total. The van der Waals surface area contributed by atoms with E-state index in [0.29, 0.717) is 23.6 Å². The number of thioether (sulfide) groups is 1. The highest BCUT2D eigenvalue weighted by molar-refractivity contribution is 7.99. The zero-order valence-corrected chi connectivity index (χ0v) is 14.9. The maximum absolute atomic E-state index is 12.6. The molecule has 12 heteroatoms. The molecule has 3 N–H and O–H groups in total. The van der Waals surface area contributed by atoms with Gasteiger partial charge in [-0.25, -0.2) is 4.68 Å². The number of ether oxygens (including phenoxy) is 1. The van der Waals surface area contributed by atoms with Gasteiger partial charge in [0.05, 0.1) is 19.0 Å². The number of alkyl halides is 3. The third kappa shape index (κ3) is 4.83. The first-order valence-electron chi connectivity index (χ1n) is 7.97. The Bertz CT molecular complexity index is 790. The molecule has 0 saturated carbocycles. The van der Waals surface area contributed by atoms with Crippen molar-refractivity contribution in [3.05, 3.63) is 30.1 Å².